The summed E-state index contributed by atoms with van der Waals surface area (Å²) in [6.07, 6.45) is 1.75. The lowest BCUT2D eigenvalue weighted by atomic mass is 10.5. The minimum absolute atomic E-state index is 0.0110. The van der Waals surface area contributed by atoms with Crippen LogP contribution in [0.4, 0.5) is 0 Å². The highest BCUT2D eigenvalue weighted by atomic mass is 16.7. The molecule has 0 radical (unpaired) electrons. The second kappa shape index (κ2) is 10.4. The van der Waals surface area contributed by atoms with E-state index in [-0.39, 0.29) is 5.91 Å². The fraction of sp³-hybridized carbons (Fsp3) is 0.889. The smallest absolute Gasteiger partial charge is 0.245 e. The Hall–Kier alpha value is -0.570. The molecule has 0 saturated carbocycles. The highest BCUT2D eigenvalue weighted by Gasteiger charge is 2.02. The second-order valence-electron chi connectivity index (χ2n) is 2.37. The van der Waals surface area contributed by atoms with Crippen LogP contribution in [0.15, 0.2) is 0 Å². The average molecular weight is 175 g/mol. The van der Waals surface area contributed by atoms with Gasteiger partial charge in [-0.05, 0) is 6.92 Å². The van der Waals surface area contributed by atoms with Crippen LogP contribution < -0.4 is 0 Å². The Kier molecular flexibility index (Phi) is 12.2. The van der Waals surface area contributed by atoms with E-state index < -0.39 is 0 Å². The molecule has 3 heteroatoms. The van der Waals surface area contributed by atoms with Gasteiger partial charge in [0, 0.05) is 13.5 Å². The van der Waals surface area contributed by atoms with Crippen molar-refractivity contribution in [3.8, 4) is 0 Å². The van der Waals surface area contributed by atoms with Gasteiger partial charge in [-0.1, -0.05) is 27.2 Å². The van der Waals surface area contributed by atoms with Crippen LogP contribution in [-0.4, -0.2) is 24.6 Å². The molecule has 0 aromatic rings. The molecule has 0 unspecified atom stereocenters. The molecule has 0 aromatic heterocycles. The molecular weight excluding hydrogens is 154 g/mol. The van der Waals surface area contributed by atoms with E-state index in [1.807, 2.05) is 6.92 Å². The van der Waals surface area contributed by atoms with Crippen molar-refractivity contribution in [3.05, 3.63) is 0 Å². The van der Waals surface area contributed by atoms with E-state index in [2.05, 4.69) is 13.8 Å². The van der Waals surface area contributed by atoms with Gasteiger partial charge in [0.2, 0.25) is 5.91 Å². The Balaban J connectivity index is 0. The van der Waals surface area contributed by atoms with E-state index in [9.17, 15) is 4.79 Å². The lowest BCUT2D eigenvalue weighted by Gasteiger charge is -2.13. The van der Waals surface area contributed by atoms with Gasteiger partial charge >= 0.3 is 0 Å². The SMILES string of the molecule is CCC.CCON(C)C(=O)CC. The van der Waals surface area contributed by atoms with Crippen molar-refractivity contribution in [2.24, 2.45) is 0 Å². The summed E-state index contributed by atoms with van der Waals surface area (Å²) in [7, 11) is 1.62. The summed E-state index contributed by atoms with van der Waals surface area (Å²) < 4.78 is 0. The van der Waals surface area contributed by atoms with E-state index in [1.165, 1.54) is 11.5 Å². The quantitative estimate of drug-likeness (QED) is 0.615. The molecule has 12 heavy (non-hydrogen) atoms. The Morgan fingerprint density at radius 2 is 1.67 bits per heavy atom. The second-order valence-corrected chi connectivity index (χ2v) is 2.37. The van der Waals surface area contributed by atoms with E-state index in [0.29, 0.717) is 13.0 Å². The van der Waals surface area contributed by atoms with Crippen LogP contribution in [0.1, 0.15) is 40.5 Å². The Morgan fingerprint density at radius 3 is 1.92 bits per heavy atom. The molecule has 0 fully saturated rings. The van der Waals surface area contributed by atoms with Crippen LogP contribution in [0.5, 0.6) is 0 Å². The lowest BCUT2D eigenvalue weighted by Crippen LogP contribution is -2.25. The van der Waals surface area contributed by atoms with Gasteiger partial charge in [-0.2, -0.15) is 0 Å². The lowest BCUT2D eigenvalue weighted by molar-refractivity contribution is -0.176. The molecule has 0 bridgehead atoms. The van der Waals surface area contributed by atoms with Crippen LogP contribution in [0.3, 0.4) is 0 Å². The number of hydroxylamine groups is 2. The summed E-state index contributed by atoms with van der Waals surface area (Å²) in [4.78, 5) is 15.6. The highest BCUT2D eigenvalue weighted by Crippen LogP contribution is 1.89. The molecule has 0 rings (SSSR count). The zero-order valence-corrected chi connectivity index (χ0v) is 8.89. The Morgan fingerprint density at radius 1 is 1.25 bits per heavy atom. The fourth-order valence-electron chi connectivity index (χ4n) is 0.488. The summed E-state index contributed by atoms with van der Waals surface area (Å²) in [5.74, 6) is 0.0110. The number of hydrogen-bond acceptors (Lipinski definition) is 2. The van der Waals surface area contributed by atoms with Gasteiger partial charge in [-0.25, -0.2) is 5.06 Å². The van der Waals surface area contributed by atoms with E-state index in [4.69, 9.17) is 4.84 Å². The monoisotopic (exact) mass is 175 g/mol. The number of carbonyl (C=O) groups is 1. The highest BCUT2D eigenvalue weighted by molar-refractivity contribution is 5.74. The third kappa shape index (κ3) is 9.43. The molecule has 0 heterocycles. The van der Waals surface area contributed by atoms with Crippen molar-refractivity contribution in [2.45, 2.75) is 40.5 Å². The van der Waals surface area contributed by atoms with Crippen molar-refractivity contribution in [2.75, 3.05) is 13.7 Å². The van der Waals surface area contributed by atoms with Crippen LogP contribution in [0.25, 0.3) is 0 Å². The molecule has 1 amide bonds. The first-order valence-electron chi connectivity index (χ1n) is 4.53. The van der Waals surface area contributed by atoms with Crippen LogP contribution in [-0.2, 0) is 9.63 Å². The molecule has 0 saturated heterocycles. The molecular formula is C9H21NO2. The first kappa shape index (κ1) is 14.0. The standard InChI is InChI=1S/C6H13NO2.C3H8/c1-4-6(8)7(3)9-5-2;1-3-2/h4-5H2,1-3H3;3H2,1-2H3. The molecule has 0 aliphatic heterocycles. The molecule has 3 nitrogen and oxygen atoms in total. The van der Waals surface area contributed by atoms with E-state index in [1.54, 1.807) is 14.0 Å². The maximum absolute atomic E-state index is 10.7. The van der Waals surface area contributed by atoms with Gasteiger partial charge in [0.1, 0.15) is 0 Å². The summed E-state index contributed by atoms with van der Waals surface area (Å²) in [5, 5.41) is 1.26. The average Bonchev–Trinajstić information content (AvgIpc) is 2.05. The van der Waals surface area contributed by atoms with Crippen LogP contribution in [0.2, 0.25) is 0 Å². The van der Waals surface area contributed by atoms with Crippen molar-refractivity contribution >= 4 is 5.91 Å². The number of amides is 1. The predicted molar refractivity (Wildman–Crippen MR) is 50.7 cm³/mol. The topological polar surface area (TPSA) is 29.5 Å². The van der Waals surface area contributed by atoms with Crippen molar-refractivity contribution in [3.63, 3.8) is 0 Å². The van der Waals surface area contributed by atoms with Crippen molar-refractivity contribution < 1.29 is 9.63 Å². The fourth-order valence-corrected chi connectivity index (χ4v) is 0.488. The summed E-state index contributed by atoms with van der Waals surface area (Å²) in [6, 6.07) is 0. The normalized spacial score (nSPS) is 8.42. The maximum Gasteiger partial charge on any atom is 0.245 e. The minimum atomic E-state index is 0.0110. The molecule has 0 N–H and O–H groups in total. The van der Waals surface area contributed by atoms with Gasteiger partial charge in [0.25, 0.3) is 0 Å². The van der Waals surface area contributed by atoms with Gasteiger partial charge in [-0.3, -0.25) is 9.63 Å². The van der Waals surface area contributed by atoms with Crippen molar-refractivity contribution in [1.82, 2.24) is 5.06 Å². The van der Waals surface area contributed by atoms with Crippen LogP contribution >= 0.6 is 0 Å². The molecule has 74 valence electrons. The van der Waals surface area contributed by atoms with E-state index in [0.717, 1.165) is 0 Å². The van der Waals surface area contributed by atoms with E-state index >= 15 is 0 Å². The predicted octanol–water partition coefficient (Wildman–Crippen LogP) is 2.22. The first-order valence-corrected chi connectivity index (χ1v) is 4.53. The zero-order chi connectivity index (χ0) is 9.98. The minimum Gasteiger partial charge on any atom is -0.273 e. The Bertz CT molecular complexity index is 105. The molecule has 0 aliphatic carbocycles. The largest absolute Gasteiger partial charge is 0.273 e. The molecule has 0 atom stereocenters. The summed E-state index contributed by atoms with van der Waals surface area (Å²) >= 11 is 0. The number of carbonyl (C=O) groups excluding carboxylic acids is 1. The zero-order valence-electron chi connectivity index (χ0n) is 8.89. The molecule has 0 aromatic carbocycles. The summed E-state index contributed by atoms with van der Waals surface area (Å²) in [6.45, 7) is 8.44. The number of nitrogens with zero attached hydrogens (tertiary/aromatic N) is 1. The van der Waals surface area contributed by atoms with Crippen molar-refractivity contribution in [1.29, 1.82) is 0 Å². The third-order valence-electron chi connectivity index (χ3n) is 0.976. The number of rotatable bonds is 3. The third-order valence-corrected chi connectivity index (χ3v) is 0.976. The first-order chi connectivity index (χ1) is 5.63. The van der Waals surface area contributed by atoms with Gasteiger partial charge in [0.15, 0.2) is 0 Å². The Labute approximate surface area is 75.7 Å². The van der Waals surface area contributed by atoms with Gasteiger partial charge < -0.3 is 0 Å². The van der Waals surface area contributed by atoms with Crippen LogP contribution in [0, 0.1) is 0 Å². The maximum atomic E-state index is 10.7. The summed E-state index contributed by atoms with van der Waals surface area (Å²) in [5.41, 5.74) is 0. The van der Waals surface area contributed by atoms with Gasteiger partial charge in [-0.15, -0.1) is 0 Å². The molecule has 0 spiro atoms. The molecule has 0 aliphatic rings. The number of hydrogen-bond donors (Lipinski definition) is 0. The van der Waals surface area contributed by atoms with Gasteiger partial charge in [0.05, 0.1) is 6.61 Å².